The molecule has 44 heavy (non-hydrogen) atoms. The Bertz CT molecular complexity index is 660. The molecule has 1 fully saturated rings. The van der Waals surface area contributed by atoms with Crippen LogP contribution in [-0.4, -0.2) is 68.4 Å². The molecule has 0 amide bonds. The van der Waals surface area contributed by atoms with Crippen molar-refractivity contribution in [3.05, 3.63) is 0 Å². The lowest BCUT2D eigenvalue weighted by Crippen LogP contribution is -2.44. The summed E-state index contributed by atoms with van der Waals surface area (Å²) in [4.78, 5) is 27.9. The van der Waals surface area contributed by atoms with E-state index in [9.17, 15) is 9.59 Å². The van der Waals surface area contributed by atoms with Gasteiger partial charge in [0.05, 0.1) is 6.61 Å². The average Bonchev–Trinajstić information content (AvgIpc) is 2.99. The van der Waals surface area contributed by atoms with Crippen molar-refractivity contribution in [1.29, 1.82) is 0 Å². The van der Waals surface area contributed by atoms with Crippen LogP contribution in [0.25, 0.3) is 0 Å². The zero-order valence-corrected chi connectivity index (χ0v) is 30.3. The van der Waals surface area contributed by atoms with Gasteiger partial charge in [-0.05, 0) is 69.4 Å². The van der Waals surface area contributed by atoms with Gasteiger partial charge in [0.2, 0.25) is 0 Å². The fourth-order valence-corrected chi connectivity index (χ4v) is 6.67. The van der Waals surface area contributed by atoms with Crippen molar-refractivity contribution in [2.75, 3.05) is 46.4 Å². The van der Waals surface area contributed by atoms with Gasteiger partial charge in [0, 0.05) is 39.0 Å². The monoisotopic (exact) mass is 621 g/mol. The fourth-order valence-electron chi connectivity index (χ4n) is 6.67. The third kappa shape index (κ3) is 24.3. The van der Waals surface area contributed by atoms with Crippen molar-refractivity contribution < 1.29 is 14.3 Å². The SMILES string of the molecule is CC(C)CCC(COC(=O)CCCCCCCCCC(CCCCCCCCCC=O)CCCN1CCN(C)CC1)C(C)C. The fraction of sp³-hybridized carbons (Fsp3) is 0.949. The van der Waals surface area contributed by atoms with E-state index in [2.05, 4.69) is 44.5 Å². The van der Waals surface area contributed by atoms with E-state index in [1.54, 1.807) is 0 Å². The molecular weight excluding hydrogens is 544 g/mol. The quantitative estimate of drug-likeness (QED) is 0.0454. The molecule has 0 aromatic rings. The molecule has 0 aromatic heterocycles. The lowest BCUT2D eigenvalue weighted by molar-refractivity contribution is -0.145. The largest absolute Gasteiger partial charge is 0.465 e. The number of carbonyl (C=O) groups excluding carboxylic acids is 2. The summed E-state index contributed by atoms with van der Waals surface area (Å²) in [7, 11) is 2.24. The molecule has 2 atom stereocenters. The molecule has 0 spiro atoms. The Kier molecular flexibility index (Phi) is 26.4. The predicted octanol–water partition coefficient (Wildman–Crippen LogP) is 10.1. The number of carbonyl (C=O) groups is 2. The van der Waals surface area contributed by atoms with Crippen LogP contribution >= 0.6 is 0 Å². The molecular formula is C39H76N2O3. The predicted molar refractivity (Wildman–Crippen MR) is 189 cm³/mol. The van der Waals surface area contributed by atoms with Gasteiger partial charge in [-0.1, -0.05) is 124 Å². The normalized spacial score (nSPS) is 16.1. The first-order valence-electron chi connectivity index (χ1n) is 19.3. The third-order valence-electron chi connectivity index (χ3n) is 10.1. The molecule has 0 aliphatic carbocycles. The third-order valence-corrected chi connectivity index (χ3v) is 10.1. The van der Waals surface area contributed by atoms with Gasteiger partial charge in [0.15, 0.2) is 0 Å². The second-order valence-electron chi connectivity index (χ2n) is 15.0. The topological polar surface area (TPSA) is 49.9 Å². The molecule has 1 aliphatic rings. The number of nitrogens with zero attached hydrogens (tertiary/aromatic N) is 2. The highest BCUT2D eigenvalue weighted by molar-refractivity contribution is 5.69. The Morgan fingerprint density at radius 2 is 1.18 bits per heavy atom. The molecule has 1 aliphatic heterocycles. The summed E-state index contributed by atoms with van der Waals surface area (Å²) >= 11 is 0. The van der Waals surface area contributed by atoms with Crippen LogP contribution in [0.1, 0.15) is 169 Å². The van der Waals surface area contributed by atoms with Gasteiger partial charge in [0.25, 0.3) is 0 Å². The van der Waals surface area contributed by atoms with Crippen molar-refractivity contribution in [3.63, 3.8) is 0 Å². The number of unbranched alkanes of at least 4 members (excludes halogenated alkanes) is 13. The second-order valence-corrected chi connectivity index (χ2v) is 15.0. The minimum atomic E-state index is 0.00783. The second kappa shape index (κ2) is 28.3. The number of likely N-dealkylation sites (N-methyl/N-ethyl adjacent to an activating group) is 1. The molecule has 260 valence electrons. The summed E-state index contributed by atoms with van der Waals surface area (Å²) in [6, 6.07) is 0. The molecule has 1 rings (SSSR count). The average molecular weight is 621 g/mol. The summed E-state index contributed by atoms with van der Waals surface area (Å²) in [6.07, 6.45) is 28.2. The van der Waals surface area contributed by atoms with Crippen LogP contribution in [0.3, 0.4) is 0 Å². The molecule has 5 heteroatoms. The summed E-state index contributed by atoms with van der Waals surface area (Å²) < 4.78 is 5.66. The van der Waals surface area contributed by atoms with Crippen LogP contribution in [0.15, 0.2) is 0 Å². The molecule has 0 bridgehead atoms. The highest BCUT2D eigenvalue weighted by Crippen LogP contribution is 2.24. The van der Waals surface area contributed by atoms with E-state index in [1.807, 2.05) is 0 Å². The summed E-state index contributed by atoms with van der Waals surface area (Å²) in [5, 5.41) is 0. The summed E-state index contributed by atoms with van der Waals surface area (Å²) in [5.41, 5.74) is 0. The first-order valence-corrected chi connectivity index (χ1v) is 19.3. The Hall–Kier alpha value is -0.940. The summed E-state index contributed by atoms with van der Waals surface area (Å²) in [6.45, 7) is 15.9. The van der Waals surface area contributed by atoms with Crippen molar-refractivity contribution in [1.82, 2.24) is 9.80 Å². The molecule has 1 saturated heterocycles. The summed E-state index contributed by atoms with van der Waals surface area (Å²) in [5.74, 6) is 2.69. The first-order chi connectivity index (χ1) is 21.3. The number of ether oxygens (including phenoxy) is 1. The molecule has 0 N–H and O–H groups in total. The zero-order valence-electron chi connectivity index (χ0n) is 30.3. The molecule has 2 unspecified atom stereocenters. The molecule has 1 heterocycles. The van der Waals surface area contributed by atoms with E-state index in [0.717, 1.165) is 44.3 Å². The van der Waals surface area contributed by atoms with E-state index in [-0.39, 0.29) is 5.97 Å². The molecule has 5 nitrogen and oxygen atoms in total. The van der Waals surface area contributed by atoms with Gasteiger partial charge in [-0.15, -0.1) is 0 Å². The Balaban J connectivity index is 2.16. The number of hydrogen-bond acceptors (Lipinski definition) is 5. The maximum absolute atomic E-state index is 12.3. The van der Waals surface area contributed by atoms with Crippen LogP contribution in [0.5, 0.6) is 0 Å². The van der Waals surface area contributed by atoms with E-state index >= 15 is 0 Å². The highest BCUT2D eigenvalue weighted by Gasteiger charge is 2.17. The molecule has 0 aromatic carbocycles. The molecule has 0 saturated carbocycles. The number of piperazine rings is 1. The lowest BCUT2D eigenvalue weighted by atomic mass is 9.89. The number of aldehydes is 1. The van der Waals surface area contributed by atoms with E-state index < -0.39 is 0 Å². The lowest BCUT2D eigenvalue weighted by Gasteiger charge is -2.32. The van der Waals surface area contributed by atoms with Crippen molar-refractivity contribution >= 4 is 12.3 Å². The van der Waals surface area contributed by atoms with Crippen LogP contribution < -0.4 is 0 Å². The smallest absolute Gasteiger partial charge is 0.305 e. The van der Waals surface area contributed by atoms with Gasteiger partial charge < -0.3 is 19.3 Å². The van der Waals surface area contributed by atoms with Gasteiger partial charge in [-0.3, -0.25) is 4.79 Å². The Morgan fingerprint density at radius 3 is 1.73 bits per heavy atom. The van der Waals surface area contributed by atoms with E-state index in [1.165, 1.54) is 135 Å². The van der Waals surface area contributed by atoms with Crippen LogP contribution in [0, 0.1) is 23.7 Å². The number of rotatable bonds is 30. The van der Waals surface area contributed by atoms with Crippen molar-refractivity contribution in [2.45, 2.75) is 169 Å². The van der Waals surface area contributed by atoms with Crippen molar-refractivity contribution in [3.8, 4) is 0 Å². The van der Waals surface area contributed by atoms with E-state index in [0.29, 0.717) is 30.8 Å². The van der Waals surface area contributed by atoms with Crippen LogP contribution in [-0.2, 0) is 14.3 Å². The van der Waals surface area contributed by atoms with Crippen molar-refractivity contribution in [2.24, 2.45) is 23.7 Å². The van der Waals surface area contributed by atoms with Gasteiger partial charge >= 0.3 is 5.97 Å². The molecule has 0 radical (unpaired) electrons. The Labute approximate surface area is 275 Å². The van der Waals surface area contributed by atoms with Gasteiger partial charge in [-0.2, -0.15) is 0 Å². The standard InChI is InChI=1S/C39H76N2O3/c1-35(2)26-27-38(36(3)4)34-44-39(43)25-19-15-11-8-10-14-18-23-37(22-17-13-9-6-7-12-16-20-33-42)24-21-28-41-31-29-40(5)30-32-41/h33,35-38H,6-32,34H2,1-5H3. The first kappa shape index (κ1) is 41.1. The number of hydrogen-bond donors (Lipinski definition) is 0. The van der Waals surface area contributed by atoms with Crippen LogP contribution in [0.4, 0.5) is 0 Å². The zero-order chi connectivity index (χ0) is 32.3. The Morgan fingerprint density at radius 1 is 0.659 bits per heavy atom. The van der Waals surface area contributed by atoms with Gasteiger partial charge in [-0.25, -0.2) is 0 Å². The number of esters is 1. The minimum Gasteiger partial charge on any atom is -0.465 e. The van der Waals surface area contributed by atoms with E-state index in [4.69, 9.17) is 4.74 Å². The minimum absolute atomic E-state index is 0.00783. The van der Waals surface area contributed by atoms with Gasteiger partial charge in [0.1, 0.15) is 6.29 Å². The highest BCUT2D eigenvalue weighted by atomic mass is 16.5. The van der Waals surface area contributed by atoms with Crippen LogP contribution in [0.2, 0.25) is 0 Å². The maximum atomic E-state index is 12.3. The maximum Gasteiger partial charge on any atom is 0.305 e.